The Bertz CT molecular complexity index is 781. The van der Waals surface area contributed by atoms with Gasteiger partial charge in [-0.25, -0.2) is 0 Å². The predicted molar refractivity (Wildman–Crippen MR) is 89.1 cm³/mol. The van der Waals surface area contributed by atoms with Gasteiger partial charge in [0, 0.05) is 37.7 Å². The summed E-state index contributed by atoms with van der Waals surface area (Å²) in [6, 6.07) is 5.82. The van der Waals surface area contributed by atoms with E-state index in [0.717, 1.165) is 0 Å². The molecule has 4 rings (SSSR count). The Morgan fingerprint density at radius 1 is 1.08 bits per heavy atom. The number of amides is 1. The maximum Gasteiger partial charge on any atom is 0.318 e. The van der Waals surface area contributed by atoms with Crippen molar-refractivity contribution in [2.75, 3.05) is 37.9 Å². The van der Waals surface area contributed by atoms with Crippen molar-refractivity contribution in [3.05, 3.63) is 29.7 Å². The molecule has 1 saturated heterocycles. The molecule has 0 aliphatic carbocycles. The van der Waals surface area contributed by atoms with Crippen LogP contribution in [0, 0.1) is 0 Å². The molecule has 2 aromatic rings. The second-order valence-electron chi connectivity index (χ2n) is 6.42. The largest absolute Gasteiger partial charge is 0.454 e. The van der Waals surface area contributed by atoms with Crippen LogP contribution in [-0.2, 0) is 0 Å². The third-order valence-corrected chi connectivity index (χ3v) is 4.38. The van der Waals surface area contributed by atoms with Gasteiger partial charge < -0.3 is 23.7 Å². The lowest BCUT2D eigenvalue weighted by Gasteiger charge is -2.33. The fourth-order valence-corrected chi connectivity index (χ4v) is 2.90. The average molecular weight is 344 g/mol. The number of aromatic nitrogens is 2. The van der Waals surface area contributed by atoms with Gasteiger partial charge in [0.25, 0.3) is 5.91 Å². The fourth-order valence-electron chi connectivity index (χ4n) is 2.90. The SMILES string of the molecule is CC(C)c1nnc(N2CCN(C(=O)c3ccc4c(c3)OCO4)CC2)o1. The van der Waals surface area contributed by atoms with E-state index in [0.29, 0.717) is 55.1 Å². The van der Waals surface area contributed by atoms with E-state index in [-0.39, 0.29) is 18.6 Å². The quantitative estimate of drug-likeness (QED) is 0.841. The summed E-state index contributed by atoms with van der Waals surface area (Å²) in [5.74, 6) is 2.13. The highest BCUT2D eigenvalue weighted by molar-refractivity contribution is 5.95. The first-order valence-corrected chi connectivity index (χ1v) is 8.39. The highest BCUT2D eigenvalue weighted by atomic mass is 16.7. The van der Waals surface area contributed by atoms with Crippen LogP contribution < -0.4 is 14.4 Å². The summed E-state index contributed by atoms with van der Waals surface area (Å²) < 4.78 is 16.3. The van der Waals surface area contributed by atoms with Crippen molar-refractivity contribution in [1.82, 2.24) is 15.1 Å². The molecule has 132 valence electrons. The van der Waals surface area contributed by atoms with Gasteiger partial charge in [0.05, 0.1) is 0 Å². The summed E-state index contributed by atoms with van der Waals surface area (Å²) in [6.45, 7) is 6.76. The Hall–Kier alpha value is -2.77. The molecule has 0 bridgehead atoms. The Balaban J connectivity index is 1.40. The first-order valence-electron chi connectivity index (χ1n) is 8.39. The number of carbonyl (C=O) groups excluding carboxylic acids is 1. The van der Waals surface area contributed by atoms with Gasteiger partial charge in [0.15, 0.2) is 11.5 Å². The molecule has 25 heavy (non-hydrogen) atoms. The number of piperazine rings is 1. The van der Waals surface area contributed by atoms with Crippen LogP contribution in [-0.4, -0.2) is 54.0 Å². The standard InChI is InChI=1S/C17H20N4O4/c1-11(2)15-18-19-17(25-15)21-7-5-20(6-8-21)16(22)12-3-4-13-14(9-12)24-10-23-13/h3-4,9,11H,5-8,10H2,1-2H3. The molecule has 0 spiro atoms. The molecule has 0 atom stereocenters. The van der Waals surface area contributed by atoms with Crippen molar-refractivity contribution in [2.24, 2.45) is 0 Å². The highest BCUT2D eigenvalue weighted by Gasteiger charge is 2.26. The van der Waals surface area contributed by atoms with E-state index < -0.39 is 0 Å². The number of ether oxygens (including phenoxy) is 2. The molecular weight excluding hydrogens is 324 g/mol. The van der Waals surface area contributed by atoms with Gasteiger partial charge in [0.2, 0.25) is 12.7 Å². The number of anilines is 1. The topological polar surface area (TPSA) is 80.9 Å². The molecule has 1 aromatic carbocycles. The first kappa shape index (κ1) is 15.7. The van der Waals surface area contributed by atoms with Crippen LogP contribution in [0.2, 0.25) is 0 Å². The van der Waals surface area contributed by atoms with Crippen molar-refractivity contribution < 1.29 is 18.7 Å². The molecular formula is C17H20N4O4. The van der Waals surface area contributed by atoms with Gasteiger partial charge in [0.1, 0.15) is 0 Å². The minimum atomic E-state index is -0.00801. The van der Waals surface area contributed by atoms with Gasteiger partial charge in [-0.3, -0.25) is 4.79 Å². The van der Waals surface area contributed by atoms with Crippen LogP contribution in [0.1, 0.15) is 36.0 Å². The fraction of sp³-hybridized carbons (Fsp3) is 0.471. The predicted octanol–water partition coefficient (Wildman–Crippen LogP) is 1.88. The Morgan fingerprint density at radius 2 is 1.84 bits per heavy atom. The zero-order valence-electron chi connectivity index (χ0n) is 14.3. The van der Waals surface area contributed by atoms with Crippen LogP contribution in [0.4, 0.5) is 6.01 Å². The summed E-state index contributed by atoms with van der Waals surface area (Å²) >= 11 is 0. The zero-order chi connectivity index (χ0) is 17.4. The number of fused-ring (bicyclic) bond motifs is 1. The number of hydrogen-bond acceptors (Lipinski definition) is 7. The number of benzene rings is 1. The molecule has 0 unspecified atom stereocenters. The third kappa shape index (κ3) is 2.99. The first-order chi connectivity index (χ1) is 12.1. The van der Waals surface area contributed by atoms with Gasteiger partial charge in [-0.1, -0.05) is 18.9 Å². The minimum absolute atomic E-state index is 0.00801. The van der Waals surface area contributed by atoms with Gasteiger partial charge in [-0.05, 0) is 18.2 Å². The lowest BCUT2D eigenvalue weighted by molar-refractivity contribution is 0.0744. The van der Waals surface area contributed by atoms with Crippen molar-refractivity contribution >= 4 is 11.9 Å². The second kappa shape index (κ2) is 6.27. The van der Waals surface area contributed by atoms with E-state index in [4.69, 9.17) is 13.9 Å². The van der Waals surface area contributed by atoms with Crippen LogP contribution in [0.25, 0.3) is 0 Å². The smallest absolute Gasteiger partial charge is 0.318 e. The summed E-state index contributed by atoms with van der Waals surface area (Å²) in [5, 5.41) is 8.17. The summed E-state index contributed by atoms with van der Waals surface area (Å²) in [7, 11) is 0. The van der Waals surface area contributed by atoms with E-state index in [9.17, 15) is 4.79 Å². The molecule has 1 amide bonds. The molecule has 0 saturated carbocycles. The second-order valence-corrected chi connectivity index (χ2v) is 6.42. The lowest BCUT2D eigenvalue weighted by Crippen LogP contribution is -2.48. The highest BCUT2D eigenvalue weighted by Crippen LogP contribution is 2.33. The molecule has 2 aliphatic rings. The maximum absolute atomic E-state index is 12.7. The van der Waals surface area contributed by atoms with Crippen molar-refractivity contribution in [2.45, 2.75) is 19.8 Å². The van der Waals surface area contributed by atoms with Crippen molar-refractivity contribution in [3.8, 4) is 11.5 Å². The molecule has 3 heterocycles. The van der Waals surface area contributed by atoms with E-state index in [1.807, 2.05) is 23.6 Å². The minimum Gasteiger partial charge on any atom is -0.454 e. The summed E-state index contributed by atoms with van der Waals surface area (Å²) in [6.07, 6.45) is 0. The molecule has 8 heteroatoms. The van der Waals surface area contributed by atoms with Crippen molar-refractivity contribution in [1.29, 1.82) is 0 Å². The molecule has 2 aliphatic heterocycles. The van der Waals surface area contributed by atoms with Gasteiger partial charge in [-0.15, -0.1) is 5.10 Å². The van der Waals surface area contributed by atoms with E-state index >= 15 is 0 Å². The summed E-state index contributed by atoms with van der Waals surface area (Å²) in [5.41, 5.74) is 0.609. The molecule has 0 radical (unpaired) electrons. The number of hydrogen-bond donors (Lipinski definition) is 0. The van der Waals surface area contributed by atoms with Crippen LogP contribution in [0.15, 0.2) is 22.6 Å². The Morgan fingerprint density at radius 3 is 2.56 bits per heavy atom. The number of carbonyl (C=O) groups is 1. The monoisotopic (exact) mass is 344 g/mol. The molecule has 1 aromatic heterocycles. The maximum atomic E-state index is 12.7. The van der Waals surface area contributed by atoms with Crippen LogP contribution >= 0.6 is 0 Å². The molecule has 8 nitrogen and oxygen atoms in total. The van der Waals surface area contributed by atoms with Crippen molar-refractivity contribution in [3.63, 3.8) is 0 Å². The van der Waals surface area contributed by atoms with Gasteiger partial charge in [-0.2, -0.15) is 0 Å². The lowest BCUT2D eigenvalue weighted by atomic mass is 10.1. The molecule has 1 fully saturated rings. The van der Waals surface area contributed by atoms with E-state index in [1.165, 1.54) is 0 Å². The summed E-state index contributed by atoms with van der Waals surface area (Å²) in [4.78, 5) is 16.5. The Labute approximate surface area is 145 Å². The Kier molecular flexibility index (Phi) is 3.95. The number of rotatable bonds is 3. The normalized spacial score (nSPS) is 16.6. The van der Waals surface area contributed by atoms with Gasteiger partial charge >= 0.3 is 6.01 Å². The number of nitrogens with zero attached hydrogens (tertiary/aromatic N) is 4. The molecule has 0 N–H and O–H groups in total. The van der Waals surface area contributed by atoms with E-state index in [1.54, 1.807) is 18.2 Å². The van der Waals surface area contributed by atoms with Crippen LogP contribution in [0.3, 0.4) is 0 Å². The van der Waals surface area contributed by atoms with E-state index in [2.05, 4.69) is 10.2 Å². The zero-order valence-corrected chi connectivity index (χ0v) is 14.3. The van der Waals surface area contributed by atoms with Crippen LogP contribution in [0.5, 0.6) is 11.5 Å². The third-order valence-electron chi connectivity index (χ3n) is 4.38. The average Bonchev–Trinajstić information content (AvgIpc) is 3.30.